The highest BCUT2D eigenvalue weighted by molar-refractivity contribution is 6.01. The first kappa shape index (κ1) is 15.5. The number of rotatable bonds is 2. The third kappa shape index (κ3) is 2.06. The van der Waals surface area contributed by atoms with E-state index in [9.17, 15) is 9.90 Å². The highest BCUT2D eigenvalue weighted by Gasteiger charge is 2.53. The zero-order valence-corrected chi connectivity index (χ0v) is 14.3. The first-order valence-corrected chi connectivity index (χ1v) is 8.73. The molecule has 1 aromatic carbocycles. The van der Waals surface area contributed by atoms with Crippen molar-refractivity contribution in [2.45, 2.75) is 51.6 Å². The Hall–Kier alpha value is -2.06. The Bertz CT molecular complexity index is 761. The Morgan fingerprint density at radius 3 is 2.83 bits per heavy atom. The molecule has 1 saturated carbocycles. The lowest BCUT2D eigenvalue weighted by atomic mass is 9.91. The van der Waals surface area contributed by atoms with Crippen molar-refractivity contribution in [3.8, 4) is 11.8 Å². The van der Waals surface area contributed by atoms with E-state index < -0.39 is 0 Å². The summed E-state index contributed by atoms with van der Waals surface area (Å²) in [5.41, 5.74) is 3.53. The zero-order valence-electron chi connectivity index (χ0n) is 14.3. The molecule has 1 aromatic rings. The normalized spacial score (nSPS) is 25.0. The third-order valence-corrected chi connectivity index (χ3v) is 6.11. The summed E-state index contributed by atoms with van der Waals surface area (Å²) in [5, 5.41) is 19.9. The minimum Gasteiger partial charge on any atom is -0.505 e. The van der Waals surface area contributed by atoms with E-state index in [1.54, 1.807) is 4.90 Å². The van der Waals surface area contributed by atoms with Gasteiger partial charge in [0.2, 0.25) is 5.91 Å². The second-order valence-corrected chi connectivity index (χ2v) is 7.58. The van der Waals surface area contributed by atoms with Gasteiger partial charge in [-0.15, -0.1) is 0 Å². The van der Waals surface area contributed by atoms with Gasteiger partial charge in [0.05, 0.1) is 18.2 Å². The van der Waals surface area contributed by atoms with E-state index in [1.165, 1.54) is 0 Å². The minimum atomic E-state index is -0.141. The van der Waals surface area contributed by atoms with E-state index in [4.69, 9.17) is 5.26 Å². The van der Waals surface area contributed by atoms with Crippen molar-refractivity contribution in [3.63, 3.8) is 0 Å². The van der Waals surface area contributed by atoms with Crippen LogP contribution in [0.3, 0.4) is 0 Å². The first-order valence-electron chi connectivity index (χ1n) is 8.73. The number of hydrogen-bond donors (Lipinski definition) is 1. The number of hydrogen-bond acceptors (Lipinski definition) is 4. The lowest BCUT2D eigenvalue weighted by Gasteiger charge is -2.33. The Morgan fingerprint density at radius 2 is 2.17 bits per heavy atom. The molecule has 2 aliphatic heterocycles. The number of anilines is 1. The van der Waals surface area contributed by atoms with Crippen LogP contribution in [0.1, 0.15) is 54.8 Å². The van der Waals surface area contributed by atoms with Gasteiger partial charge in [0.25, 0.3) is 0 Å². The van der Waals surface area contributed by atoms with Crippen LogP contribution < -0.4 is 4.90 Å². The van der Waals surface area contributed by atoms with Gasteiger partial charge < -0.3 is 10.0 Å². The molecule has 1 unspecified atom stereocenters. The maximum atomic E-state index is 12.9. The lowest BCUT2D eigenvalue weighted by Crippen LogP contribution is -2.42. The maximum absolute atomic E-state index is 12.9. The van der Waals surface area contributed by atoms with Gasteiger partial charge in [-0.2, -0.15) is 5.26 Å². The fourth-order valence-electron chi connectivity index (χ4n) is 4.53. The molecule has 1 atom stereocenters. The molecule has 1 aliphatic carbocycles. The van der Waals surface area contributed by atoms with Crippen LogP contribution in [0.15, 0.2) is 6.07 Å². The number of aromatic hydroxyl groups is 1. The zero-order chi connectivity index (χ0) is 17.1. The summed E-state index contributed by atoms with van der Waals surface area (Å²) in [6, 6.07) is 4.25. The van der Waals surface area contributed by atoms with Gasteiger partial charge in [-0.25, -0.2) is 0 Å². The molecule has 5 nitrogen and oxygen atoms in total. The smallest absolute Gasteiger partial charge is 0.233 e. The SMILES string of the molecule is Cc1c(O)c(N2CCCC3(CC3)C2=O)cc2c1C(CC#N)N(C)C2. The van der Waals surface area contributed by atoms with E-state index in [0.717, 1.165) is 48.9 Å². The van der Waals surface area contributed by atoms with Crippen LogP contribution >= 0.6 is 0 Å². The van der Waals surface area contributed by atoms with Crippen LogP contribution in [-0.4, -0.2) is 29.5 Å². The van der Waals surface area contributed by atoms with Gasteiger partial charge in [0.15, 0.2) is 0 Å². The molecule has 24 heavy (non-hydrogen) atoms. The van der Waals surface area contributed by atoms with Crippen molar-refractivity contribution in [3.05, 3.63) is 22.8 Å². The molecule has 3 aliphatic rings. The number of fused-ring (bicyclic) bond motifs is 1. The molecule has 0 bridgehead atoms. The summed E-state index contributed by atoms with van der Waals surface area (Å²) >= 11 is 0. The summed E-state index contributed by atoms with van der Waals surface area (Å²) < 4.78 is 0. The van der Waals surface area contributed by atoms with Gasteiger partial charge >= 0.3 is 0 Å². The van der Waals surface area contributed by atoms with E-state index >= 15 is 0 Å². The second-order valence-electron chi connectivity index (χ2n) is 7.58. The number of benzene rings is 1. The van der Waals surface area contributed by atoms with Crippen LogP contribution in [0.5, 0.6) is 5.75 Å². The highest BCUT2D eigenvalue weighted by Crippen LogP contribution is 2.55. The number of amides is 1. The van der Waals surface area contributed by atoms with Crippen molar-refractivity contribution in [1.82, 2.24) is 4.90 Å². The van der Waals surface area contributed by atoms with Gasteiger partial charge in [0.1, 0.15) is 5.75 Å². The fourth-order valence-corrected chi connectivity index (χ4v) is 4.53. The van der Waals surface area contributed by atoms with Crippen LogP contribution in [0.2, 0.25) is 0 Å². The standard InChI is InChI=1S/C19H23N3O2/c1-12-16-13(11-21(2)14(16)4-8-20)10-15(17(12)23)22-9-3-5-19(6-7-19)18(22)24/h10,14,23H,3-7,9,11H2,1-2H3. The number of carbonyl (C=O) groups is 1. The summed E-state index contributed by atoms with van der Waals surface area (Å²) in [6.45, 7) is 3.34. The number of phenolic OH excluding ortho intramolecular Hbond substituents is 1. The van der Waals surface area contributed by atoms with Crippen molar-refractivity contribution >= 4 is 11.6 Å². The number of nitriles is 1. The molecule has 4 rings (SSSR count). The van der Waals surface area contributed by atoms with E-state index in [-0.39, 0.29) is 23.1 Å². The molecule has 2 heterocycles. The predicted molar refractivity (Wildman–Crippen MR) is 90.5 cm³/mol. The molecule has 2 fully saturated rings. The summed E-state index contributed by atoms with van der Waals surface area (Å²) in [7, 11) is 2.00. The number of carbonyl (C=O) groups excluding carboxylic acids is 1. The molecule has 1 amide bonds. The molecule has 1 spiro atoms. The van der Waals surface area contributed by atoms with E-state index in [1.807, 2.05) is 20.0 Å². The third-order valence-electron chi connectivity index (χ3n) is 6.11. The van der Waals surface area contributed by atoms with Gasteiger partial charge in [-0.1, -0.05) is 0 Å². The Kier molecular flexibility index (Phi) is 3.36. The van der Waals surface area contributed by atoms with Crippen molar-refractivity contribution < 1.29 is 9.90 Å². The Labute approximate surface area is 142 Å². The summed E-state index contributed by atoms with van der Waals surface area (Å²) in [6.07, 6.45) is 4.37. The quantitative estimate of drug-likeness (QED) is 0.907. The largest absolute Gasteiger partial charge is 0.505 e. The van der Waals surface area contributed by atoms with Crippen molar-refractivity contribution in [1.29, 1.82) is 5.26 Å². The molecule has 0 radical (unpaired) electrons. The lowest BCUT2D eigenvalue weighted by molar-refractivity contribution is -0.125. The molecule has 5 heteroatoms. The van der Waals surface area contributed by atoms with Gasteiger partial charge in [-0.3, -0.25) is 9.69 Å². The van der Waals surface area contributed by atoms with Crippen molar-refractivity contribution in [2.75, 3.05) is 18.5 Å². The van der Waals surface area contributed by atoms with E-state index in [0.29, 0.717) is 18.7 Å². The average molecular weight is 325 g/mol. The molecule has 1 N–H and O–H groups in total. The Balaban J connectivity index is 1.77. The van der Waals surface area contributed by atoms with Crippen LogP contribution in [0.25, 0.3) is 0 Å². The van der Waals surface area contributed by atoms with Gasteiger partial charge in [-0.05, 0) is 62.4 Å². The van der Waals surface area contributed by atoms with Crippen LogP contribution in [-0.2, 0) is 11.3 Å². The molecule has 1 saturated heterocycles. The summed E-state index contributed by atoms with van der Waals surface area (Å²) in [4.78, 5) is 16.8. The average Bonchev–Trinajstić information content (AvgIpc) is 3.26. The molecular formula is C19H23N3O2. The maximum Gasteiger partial charge on any atom is 0.233 e. The van der Waals surface area contributed by atoms with Crippen LogP contribution in [0.4, 0.5) is 5.69 Å². The van der Waals surface area contributed by atoms with Crippen LogP contribution in [0, 0.1) is 23.7 Å². The number of phenols is 1. The second kappa shape index (κ2) is 5.22. The first-order chi connectivity index (χ1) is 11.5. The number of nitrogens with zero attached hydrogens (tertiary/aromatic N) is 3. The monoisotopic (exact) mass is 325 g/mol. The molecule has 0 aromatic heterocycles. The fraction of sp³-hybridized carbons (Fsp3) is 0.579. The predicted octanol–water partition coefficient (Wildman–Crippen LogP) is 3.01. The van der Waals surface area contributed by atoms with Gasteiger partial charge in [0, 0.05) is 24.5 Å². The molecule has 126 valence electrons. The molecular weight excluding hydrogens is 302 g/mol. The van der Waals surface area contributed by atoms with E-state index in [2.05, 4.69) is 11.0 Å². The topological polar surface area (TPSA) is 67.6 Å². The Morgan fingerprint density at radius 1 is 1.42 bits per heavy atom. The van der Waals surface area contributed by atoms with Crippen molar-refractivity contribution in [2.24, 2.45) is 5.41 Å². The summed E-state index contributed by atoms with van der Waals surface area (Å²) in [5.74, 6) is 0.390. The minimum absolute atomic E-state index is 0.0248. The number of piperidine rings is 1. The highest BCUT2D eigenvalue weighted by atomic mass is 16.3.